The molecule has 2 aromatic carbocycles. The number of nitrogens with two attached hydrogens (primary N) is 1. The van der Waals surface area contributed by atoms with Crippen LogP contribution in [0, 0.1) is 0 Å². The topological polar surface area (TPSA) is 26.0 Å². The Morgan fingerprint density at radius 3 is 1.55 bits per heavy atom. The third-order valence-corrected chi connectivity index (χ3v) is 4.54. The Kier molecular flexibility index (Phi) is 4.85. The molecule has 0 aliphatic heterocycles. The molecule has 0 aromatic heterocycles. The van der Waals surface area contributed by atoms with E-state index in [1.54, 1.807) is 0 Å². The monoisotopic (exact) mass is 287 g/mol. The molecule has 1 nitrogen and oxygen atoms in total. The highest BCUT2D eigenvalue weighted by Crippen LogP contribution is 2.44. The predicted octanol–water partition coefficient (Wildman–Crippen LogP) is 4.30. The van der Waals surface area contributed by atoms with Gasteiger partial charge in [0.15, 0.2) is 0 Å². The Morgan fingerprint density at radius 2 is 1.15 bits per heavy atom. The van der Waals surface area contributed by atoms with Gasteiger partial charge in [-0.3, -0.25) is 0 Å². The molecule has 106 valence electrons. The standard InChI is InChI=1S/C18H21N.ClH/c19-17-11-13-18(14-12-17,15-7-3-1-4-8-15)16-9-5-2-6-10-16;/h1-10,17H,11-14,19H2;1H. The molecule has 0 bridgehead atoms. The van der Waals surface area contributed by atoms with Gasteiger partial charge >= 0.3 is 0 Å². The fraction of sp³-hybridized carbons (Fsp3) is 0.333. The Balaban J connectivity index is 0.00000147. The molecule has 1 aliphatic carbocycles. The first-order chi connectivity index (χ1) is 9.31. The minimum Gasteiger partial charge on any atom is -0.328 e. The lowest BCUT2D eigenvalue weighted by Gasteiger charge is -2.40. The normalized spacial score (nSPS) is 18.2. The summed E-state index contributed by atoms with van der Waals surface area (Å²) in [7, 11) is 0. The summed E-state index contributed by atoms with van der Waals surface area (Å²) in [5, 5.41) is 0. The van der Waals surface area contributed by atoms with Gasteiger partial charge in [0, 0.05) is 11.5 Å². The van der Waals surface area contributed by atoms with E-state index in [-0.39, 0.29) is 17.8 Å². The predicted molar refractivity (Wildman–Crippen MR) is 87.4 cm³/mol. The van der Waals surface area contributed by atoms with Crippen molar-refractivity contribution in [3.8, 4) is 0 Å². The van der Waals surface area contributed by atoms with Crippen LogP contribution in [0.4, 0.5) is 0 Å². The molecule has 0 unspecified atom stereocenters. The molecule has 2 N–H and O–H groups in total. The number of benzene rings is 2. The second-order valence-corrected chi connectivity index (χ2v) is 5.65. The SMILES string of the molecule is Cl.NC1CCC(c2ccccc2)(c2ccccc2)CC1. The fourth-order valence-electron chi connectivity index (χ4n) is 3.39. The quantitative estimate of drug-likeness (QED) is 0.876. The maximum atomic E-state index is 6.11. The van der Waals surface area contributed by atoms with E-state index in [9.17, 15) is 0 Å². The molecule has 3 rings (SSSR count). The summed E-state index contributed by atoms with van der Waals surface area (Å²) in [6, 6.07) is 22.2. The number of halogens is 1. The summed E-state index contributed by atoms with van der Waals surface area (Å²) in [6.07, 6.45) is 4.54. The van der Waals surface area contributed by atoms with Crippen LogP contribution in [0.15, 0.2) is 60.7 Å². The van der Waals surface area contributed by atoms with E-state index in [1.165, 1.54) is 11.1 Å². The van der Waals surface area contributed by atoms with Gasteiger partial charge in [-0.05, 0) is 36.8 Å². The van der Waals surface area contributed by atoms with Crippen LogP contribution in [0.2, 0.25) is 0 Å². The third-order valence-electron chi connectivity index (χ3n) is 4.54. The van der Waals surface area contributed by atoms with E-state index >= 15 is 0 Å². The molecule has 0 amide bonds. The molecule has 0 spiro atoms. The summed E-state index contributed by atoms with van der Waals surface area (Å²) >= 11 is 0. The van der Waals surface area contributed by atoms with Crippen molar-refractivity contribution in [2.45, 2.75) is 37.1 Å². The van der Waals surface area contributed by atoms with E-state index in [0.29, 0.717) is 6.04 Å². The highest BCUT2D eigenvalue weighted by atomic mass is 35.5. The van der Waals surface area contributed by atoms with Crippen LogP contribution >= 0.6 is 12.4 Å². The molecule has 0 atom stereocenters. The number of hydrogen-bond donors (Lipinski definition) is 1. The van der Waals surface area contributed by atoms with Crippen LogP contribution in [0.3, 0.4) is 0 Å². The van der Waals surface area contributed by atoms with Crippen molar-refractivity contribution in [1.29, 1.82) is 0 Å². The average Bonchev–Trinajstić information content (AvgIpc) is 2.50. The van der Waals surface area contributed by atoms with Gasteiger partial charge < -0.3 is 5.73 Å². The van der Waals surface area contributed by atoms with Crippen molar-refractivity contribution in [2.75, 3.05) is 0 Å². The van der Waals surface area contributed by atoms with E-state index in [0.717, 1.165) is 25.7 Å². The summed E-state index contributed by atoms with van der Waals surface area (Å²) in [6.45, 7) is 0. The molecular formula is C18H22ClN. The van der Waals surface area contributed by atoms with Crippen molar-refractivity contribution in [3.05, 3.63) is 71.8 Å². The van der Waals surface area contributed by atoms with Gasteiger partial charge in [0.05, 0.1) is 0 Å². The molecule has 1 aliphatic rings. The third kappa shape index (κ3) is 2.74. The number of rotatable bonds is 2. The smallest absolute Gasteiger partial charge is 0.0204 e. The Labute approximate surface area is 127 Å². The summed E-state index contributed by atoms with van der Waals surface area (Å²) in [5.74, 6) is 0. The minimum atomic E-state index is 0. The molecule has 1 saturated carbocycles. The zero-order valence-electron chi connectivity index (χ0n) is 11.7. The van der Waals surface area contributed by atoms with Crippen LogP contribution in [0.1, 0.15) is 36.8 Å². The first-order valence-corrected chi connectivity index (χ1v) is 7.18. The maximum Gasteiger partial charge on any atom is 0.0204 e. The molecule has 0 radical (unpaired) electrons. The summed E-state index contributed by atoms with van der Waals surface area (Å²) in [5.41, 5.74) is 9.15. The molecule has 0 saturated heterocycles. The molecular weight excluding hydrogens is 266 g/mol. The van der Waals surface area contributed by atoms with Crippen LogP contribution in [-0.4, -0.2) is 6.04 Å². The van der Waals surface area contributed by atoms with Crippen molar-refractivity contribution in [1.82, 2.24) is 0 Å². The van der Waals surface area contributed by atoms with Crippen molar-refractivity contribution in [2.24, 2.45) is 5.73 Å². The van der Waals surface area contributed by atoms with E-state index < -0.39 is 0 Å². The van der Waals surface area contributed by atoms with Crippen LogP contribution in [0.5, 0.6) is 0 Å². The Bertz CT molecular complexity index is 474. The fourth-order valence-corrected chi connectivity index (χ4v) is 3.39. The zero-order chi connectivity index (χ0) is 13.1. The van der Waals surface area contributed by atoms with Gasteiger partial charge in [0.2, 0.25) is 0 Å². The Hall–Kier alpha value is -1.31. The second-order valence-electron chi connectivity index (χ2n) is 5.65. The summed E-state index contributed by atoms with van der Waals surface area (Å²) < 4.78 is 0. The van der Waals surface area contributed by atoms with E-state index in [4.69, 9.17) is 5.73 Å². The van der Waals surface area contributed by atoms with E-state index in [1.807, 2.05) is 0 Å². The lowest BCUT2D eigenvalue weighted by atomic mass is 9.64. The van der Waals surface area contributed by atoms with Gasteiger partial charge in [0.1, 0.15) is 0 Å². The summed E-state index contributed by atoms with van der Waals surface area (Å²) in [4.78, 5) is 0. The average molecular weight is 288 g/mol. The molecule has 0 heterocycles. The first kappa shape index (κ1) is 15.1. The lowest BCUT2D eigenvalue weighted by molar-refractivity contribution is 0.315. The second kappa shape index (κ2) is 6.43. The number of hydrogen-bond acceptors (Lipinski definition) is 1. The Morgan fingerprint density at radius 1 is 0.750 bits per heavy atom. The van der Waals surface area contributed by atoms with Gasteiger partial charge in [0.25, 0.3) is 0 Å². The van der Waals surface area contributed by atoms with Crippen LogP contribution < -0.4 is 5.73 Å². The molecule has 2 heteroatoms. The minimum absolute atomic E-state index is 0. The first-order valence-electron chi connectivity index (χ1n) is 7.18. The van der Waals surface area contributed by atoms with Crippen molar-refractivity contribution >= 4 is 12.4 Å². The van der Waals surface area contributed by atoms with Crippen LogP contribution in [-0.2, 0) is 5.41 Å². The van der Waals surface area contributed by atoms with E-state index in [2.05, 4.69) is 60.7 Å². The van der Waals surface area contributed by atoms with Gasteiger partial charge in [-0.25, -0.2) is 0 Å². The highest BCUT2D eigenvalue weighted by Gasteiger charge is 2.37. The zero-order valence-corrected chi connectivity index (χ0v) is 12.5. The van der Waals surface area contributed by atoms with Gasteiger partial charge in [-0.15, -0.1) is 12.4 Å². The van der Waals surface area contributed by atoms with Crippen LogP contribution in [0.25, 0.3) is 0 Å². The van der Waals surface area contributed by atoms with Crippen molar-refractivity contribution < 1.29 is 0 Å². The van der Waals surface area contributed by atoms with Crippen molar-refractivity contribution in [3.63, 3.8) is 0 Å². The molecule has 2 aromatic rings. The highest BCUT2D eigenvalue weighted by molar-refractivity contribution is 5.85. The largest absolute Gasteiger partial charge is 0.328 e. The van der Waals surface area contributed by atoms with Gasteiger partial charge in [-0.1, -0.05) is 60.7 Å². The van der Waals surface area contributed by atoms with Gasteiger partial charge in [-0.2, -0.15) is 0 Å². The lowest BCUT2D eigenvalue weighted by Crippen LogP contribution is -2.37. The molecule has 20 heavy (non-hydrogen) atoms. The molecule has 1 fully saturated rings. The maximum absolute atomic E-state index is 6.11.